The second kappa shape index (κ2) is 4.12. The van der Waals surface area contributed by atoms with Crippen LogP contribution in [0.1, 0.15) is 18.1 Å². The number of hydrazine groups is 1. The Hall–Kier alpha value is -1.02. The lowest BCUT2D eigenvalue weighted by Crippen LogP contribution is -2.21. The van der Waals surface area contributed by atoms with Crippen LogP contribution in [-0.2, 0) is 0 Å². The van der Waals surface area contributed by atoms with E-state index >= 15 is 0 Å². The van der Waals surface area contributed by atoms with Crippen LogP contribution in [0.25, 0.3) is 0 Å². The zero-order valence-electron chi connectivity index (χ0n) is 7.94. The van der Waals surface area contributed by atoms with Crippen molar-refractivity contribution < 1.29 is 0 Å². The molecule has 2 heteroatoms. The van der Waals surface area contributed by atoms with Crippen LogP contribution < -0.4 is 10.9 Å². The largest absolute Gasteiger partial charge is 0.321 e. The molecule has 0 aromatic heterocycles. The van der Waals surface area contributed by atoms with Crippen molar-refractivity contribution in [2.45, 2.75) is 20.8 Å². The van der Waals surface area contributed by atoms with E-state index in [0.717, 1.165) is 6.54 Å². The number of anilines is 1. The summed E-state index contributed by atoms with van der Waals surface area (Å²) in [5.74, 6) is 0. The average Bonchev–Trinajstić information content (AvgIpc) is 2.04. The molecule has 2 nitrogen and oxygen atoms in total. The minimum atomic E-state index is 0.924. The minimum Gasteiger partial charge on any atom is -0.321 e. The normalized spacial score (nSPS) is 9.92. The summed E-state index contributed by atoms with van der Waals surface area (Å²) in [4.78, 5) is 0. The molecule has 12 heavy (non-hydrogen) atoms. The van der Waals surface area contributed by atoms with Gasteiger partial charge in [-0.1, -0.05) is 25.1 Å². The molecular formula is C10H16N2. The van der Waals surface area contributed by atoms with Crippen molar-refractivity contribution in [1.29, 1.82) is 0 Å². The predicted molar refractivity (Wildman–Crippen MR) is 53.2 cm³/mol. The van der Waals surface area contributed by atoms with E-state index in [0.29, 0.717) is 0 Å². The maximum absolute atomic E-state index is 3.18. The van der Waals surface area contributed by atoms with Gasteiger partial charge < -0.3 is 5.43 Å². The standard InChI is InChI=1S/C10H16N2/c1-4-11-12-10-8(2)6-5-7-9(10)3/h5-7,11-12H,4H2,1-3H3. The third-order valence-corrected chi connectivity index (χ3v) is 1.87. The molecule has 1 rings (SSSR count). The van der Waals surface area contributed by atoms with E-state index in [4.69, 9.17) is 0 Å². The fourth-order valence-electron chi connectivity index (χ4n) is 1.19. The number of hydrogen-bond acceptors (Lipinski definition) is 2. The van der Waals surface area contributed by atoms with Gasteiger partial charge in [0.1, 0.15) is 0 Å². The molecule has 0 bridgehead atoms. The van der Waals surface area contributed by atoms with Gasteiger partial charge in [0.2, 0.25) is 0 Å². The second-order valence-electron chi connectivity index (χ2n) is 2.92. The monoisotopic (exact) mass is 164 g/mol. The maximum Gasteiger partial charge on any atom is 0.0545 e. The van der Waals surface area contributed by atoms with Crippen LogP contribution in [-0.4, -0.2) is 6.54 Å². The molecule has 0 amide bonds. The van der Waals surface area contributed by atoms with E-state index < -0.39 is 0 Å². The molecule has 1 aromatic carbocycles. The van der Waals surface area contributed by atoms with E-state index in [1.54, 1.807) is 0 Å². The quantitative estimate of drug-likeness (QED) is 0.669. The Morgan fingerprint density at radius 1 is 1.17 bits per heavy atom. The van der Waals surface area contributed by atoms with Gasteiger partial charge in [-0.2, -0.15) is 0 Å². The number of benzene rings is 1. The molecule has 0 fully saturated rings. The van der Waals surface area contributed by atoms with Gasteiger partial charge in [0.05, 0.1) is 5.69 Å². The first kappa shape index (κ1) is 9.07. The van der Waals surface area contributed by atoms with Crippen molar-refractivity contribution in [3.63, 3.8) is 0 Å². The predicted octanol–water partition coefficient (Wildman–Crippen LogP) is 2.24. The SMILES string of the molecule is CCNNc1c(C)cccc1C. The summed E-state index contributed by atoms with van der Waals surface area (Å²) in [6, 6.07) is 6.28. The van der Waals surface area contributed by atoms with Crippen LogP contribution in [0.15, 0.2) is 18.2 Å². The van der Waals surface area contributed by atoms with Crippen LogP contribution >= 0.6 is 0 Å². The summed E-state index contributed by atoms with van der Waals surface area (Å²) in [7, 11) is 0. The van der Waals surface area contributed by atoms with E-state index in [-0.39, 0.29) is 0 Å². The molecule has 0 saturated heterocycles. The average molecular weight is 164 g/mol. The summed E-state index contributed by atoms with van der Waals surface area (Å²) in [6.07, 6.45) is 0. The minimum absolute atomic E-state index is 0.924. The van der Waals surface area contributed by atoms with Gasteiger partial charge in [0, 0.05) is 6.54 Å². The molecule has 0 radical (unpaired) electrons. The Labute approximate surface area is 74.0 Å². The maximum atomic E-state index is 3.18. The highest BCUT2D eigenvalue weighted by molar-refractivity contribution is 5.55. The lowest BCUT2D eigenvalue weighted by atomic mass is 10.1. The molecule has 0 aliphatic heterocycles. The van der Waals surface area contributed by atoms with Gasteiger partial charge in [0.15, 0.2) is 0 Å². The third-order valence-electron chi connectivity index (χ3n) is 1.87. The van der Waals surface area contributed by atoms with Gasteiger partial charge in [-0.05, 0) is 25.0 Å². The number of aryl methyl sites for hydroxylation is 2. The smallest absolute Gasteiger partial charge is 0.0545 e. The molecule has 2 N–H and O–H groups in total. The van der Waals surface area contributed by atoms with Crippen molar-refractivity contribution in [3.05, 3.63) is 29.3 Å². The molecule has 0 heterocycles. The molecule has 0 unspecified atom stereocenters. The Bertz CT molecular complexity index is 236. The lowest BCUT2D eigenvalue weighted by molar-refractivity contribution is 0.841. The highest BCUT2D eigenvalue weighted by Crippen LogP contribution is 2.17. The van der Waals surface area contributed by atoms with Crippen molar-refractivity contribution in [1.82, 2.24) is 5.43 Å². The van der Waals surface area contributed by atoms with Crippen molar-refractivity contribution in [3.8, 4) is 0 Å². The van der Waals surface area contributed by atoms with Gasteiger partial charge in [0.25, 0.3) is 0 Å². The zero-order valence-corrected chi connectivity index (χ0v) is 7.94. The van der Waals surface area contributed by atoms with Crippen molar-refractivity contribution in [2.24, 2.45) is 0 Å². The van der Waals surface area contributed by atoms with Crippen LogP contribution in [0.3, 0.4) is 0 Å². The first-order valence-electron chi connectivity index (χ1n) is 4.30. The Kier molecular flexibility index (Phi) is 3.11. The van der Waals surface area contributed by atoms with Gasteiger partial charge in [-0.3, -0.25) is 0 Å². The first-order chi connectivity index (χ1) is 5.75. The van der Waals surface area contributed by atoms with E-state index in [2.05, 4.69) is 49.8 Å². The molecule has 0 aliphatic carbocycles. The van der Waals surface area contributed by atoms with Crippen LogP contribution in [0.4, 0.5) is 5.69 Å². The van der Waals surface area contributed by atoms with Crippen LogP contribution in [0, 0.1) is 13.8 Å². The molecule has 0 atom stereocenters. The number of para-hydroxylation sites is 1. The zero-order chi connectivity index (χ0) is 8.97. The summed E-state index contributed by atoms with van der Waals surface area (Å²) in [6.45, 7) is 7.20. The van der Waals surface area contributed by atoms with Gasteiger partial charge >= 0.3 is 0 Å². The fourth-order valence-corrected chi connectivity index (χ4v) is 1.19. The van der Waals surface area contributed by atoms with Gasteiger partial charge in [-0.15, -0.1) is 0 Å². The molecule has 1 aromatic rings. The Morgan fingerprint density at radius 3 is 2.25 bits per heavy atom. The van der Waals surface area contributed by atoms with E-state index in [9.17, 15) is 0 Å². The van der Waals surface area contributed by atoms with Crippen LogP contribution in [0.5, 0.6) is 0 Å². The van der Waals surface area contributed by atoms with E-state index in [1.165, 1.54) is 16.8 Å². The highest BCUT2D eigenvalue weighted by atomic mass is 15.3. The summed E-state index contributed by atoms with van der Waals surface area (Å²) in [5, 5.41) is 0. The second-order valence-corrected chi connectivity index (χ2v) is 2.92. The molecule has 66 valence electrons. The van der Waals surface area contributed by atoms with Crippen molar-refractivity contribution in [2.75, 3.05) is 12.0 Å². The molecule has 0 saturated carbocycles. The van der Waals surface area contributed by atoms with Crippen LogP contribution in [0.2, 0.25) is 0 Å². The lowest BCUT2D eigenvalue weighted by Gasteiger charge is -2.11. The molecular weight excluding hydrogens is 148 g/mol. The highest BCUT2D eigenvalue weighted by Gasteiger charge is 1.98. The number of hydrogen-bond donors (Lipinski definition) is 2. The molecule has 0 spiro atoms. The number of nitrogens with one attached hydrogen (secondary N) is 2. The number of rotatable bonds is 3. The summed E-state index contributed by atoms with van der Waals surface area (Å²) in [5.41, 5.74) is 10.0. The summed E-state index contributed by atoms with van der Waals surface area (Å²) < 4.78 is 0. The third kappa shape index (κ3) is 1.98. The van der Waals surface area contributed by atoms with Gasteiger partial charge in [-0.25, -0.2) is 5.43 Å². The van der Waals surface area contributed by atoms with Crippen molar-refractivity contribution >= 4 is 5.69 Å². The first-order valence-corrected chi connectivity index (χ1v) is 4.30. The Balaban J connectivity index is 2.81. The topological polar surface area (TPSA) is 24.1 Å². The fraction of sp³-hybridized carbons (Fsp3) is 0.400. The Morgan fingerprint density at radius 2 is 1.75 bits per heavy atom. The summed E-state index contributed by atoms with van der Waals surface area (Å²) >= 11 is 0. The van der Waals surface area contributed by atoms with E-state index in [1.807, 2.05) is 0 Å². The molecule has 0 aliphatic rings.